The van der Waals surface area contributed by atoms with Gasteiger partial charge in [0.2, 0.25) is 11.8 Å². The van der Waals surface area contributed by atoms with Crippen LogP contribution in [0.4, 0.5) is 10.5 Å². The summed E-state index contributed by atoms with van der Waals surface area (Å²) in [5.74, 6) is -0.652. The molecule has 26 heavy (non-hydrogen) atoms. The number of nitrogens with one attached hydrogen (secondary N) is 3. The third-order valence-electron chi connectivity index (χ3n) is 4.34. The number of carbonyl (C=O) groups is 3. The number of hydrogen-bond acceptors (Lipinski definition) is 3. The zero-order valence-electron chi connectivity index (χ0n) is 15.5. The highest BCUT2D eigenvalue weighted by molar-refractivity contribution is 5.90. The number of piperidine rings is 1. The van der Waals surface area contributed by atoms with E-state index in [4.69, 9.17) is 0 Å². The molecule has 0 saturated carbocycles. The number of likely N-dealkylation sites (tertiary alicyclic amines) is 1. The highest BCUT2D eigenvalue weighted by Gasteiger charge is 2.28. The molecule has 0 aliphatic carbocycles. The summed E-state index contributed by atoms with van der Waals surface area (Å²) in [5, 5.41) is 8.27. The molecular formula is C19H28N4O3. The fourth-order valence-corrected chi connectivity index (χ4v) is 2.94. The van der Waals surface area contributed by atoms with Crippen LogP contribution in [0.3, 0.4) is 0 Å². The highest BCUT2D eigenvalue weighted by atomic mass is 16.2. The lowest BCUT2D eigenvalue weighted by Gasteiger charge is -2.32. The maximum absolute atomic E-state index is 12.5. The van der Waals surface area contributed by atoms with Crippen LogP contribution in [-0.4, -0.2) is 48.9 Å². The molecule has 1 fully saturated rings. The van der Waals surface area contributed by atoms with Crippen molar-refractivity contribution >= 4 is 23.5 Å². The standard InChI is InChI=1S/C19H28N4O3/c1-3-9-20-17(24)12-21-18(25)15-7-5-10-23(13-15)19(26)22-16-8-4-6-14(2)11-16/h4,6,8,11,15H,3,5,7,9-10,12-13H2,1-2H3,(H,20,24)(H,21,25)(H,22,26)/t15-/m0/s1. The Labute approximate surface area is 154 Å². The van der Waals surface area contributed by atoms with E-state index >= 15 is 0 Å². The van der Waals surface area contributed by atoms with Gasteiger partial charge in [0.15, 0.2) is 0 Å². The number of carbonyl (C=O) groups excluding carboxylic acids is 3. The fraction of sp³-hybridized carbons (Fsp3) is 0.526. The number of urea groups is 1. The van der Waals surface area contributed by atoms with E-state index in [-0.39, 0.29) is 30.3 Å². The van der Waals surface area contributed by atoms with E-state index < -0.39 is 0 Å². The van der Waals surface area contributed by atoms with Gasteiger partial charge in [-0.15, -0.1) is 0 Å². The first-order valence-corrected chi connectivity index (χ1v) is 9.16. The molecule has 142 valence electrons. The van der Waals surface area contributed by atoms with Crippen molar-refractivity contribution in [3.05, 3.63) is 29.8 Å². The molecule has 0 spiro atoms. The van der Waals surface area contributed by atoms with E-state index in [2.05, 4.69) is 16.0 Å². The monoisotopic (exact) mass is 360 g/mol. The van der Waals surface area contributed by atoms with Crippen molar-refractivity contribution in [2.45, 2.75) is 33.1 Å². The minimum absolute atomic E-state index is 0.0230. The van der Waals surface area contributed by atoms with E-state index in [0.717, 1.165) is 30.5 Å². The van der Waals surface area contributed by atoms with E-state index in [9.17, 15) is 14.4 Å². The first kappa shape index (κ1) is 19.8. The first-order chi connectivity index (χ1) is 12.5. The van der Waals surface area contributed by atoms with E-state index in [1.807, 2.05) is 38.1 Å². The molecule has 0 bridgehead atoms. The van der Waals surface area contributed by atoms with Crippen LogP contribution in [0.1, 0.15) is 31.7 Å². The maximum atomic E-state index is 12.5. The Morgan fingerprint density at radius 1 is 1.23 bits per heavy atom. The topological polar surface area (TPSA) is 90.5 Å². The summed E-state index contributed by atoms with van der Waals surface area (Å²) in [7, 11) is 0. The van der Waals surface area contributed by atoms with E-state index in [0.29, 0.717) is 19.6 Å². The molecule has 0 radical (unpaired) electrons. The quantitative estimate of drug-likeness (QED) is 0.723. The Balaban J connectivity index is 1.82. The van der Waals surface area contributed by atoms with Gasteiger partial charge in [-0.25, -0.2) is 4.79 Å². The predicted molar refractivity (Wildman–Crippen MR) is 101 cm³/mol. The fourth-order valence-electron chi connectivity index (χ4n) is 2.94. The van der Waals surface area contributed by atoms with Crippen LogP contribution in [0.25, 0.3) is 0 Å². The molecule has 7 heteroatoms. The van der Waals surface area contributed by atoms with Crippen LogP contribution < -0.4 is 16.0 Å². The number of nitrogens with zero attached hydrogens (tertiary/aromatic N) is 1. The third kappa shape index (κ3) is 6.06. The number of hydrogen-bond donors (Lipinski definition) is 3. The summed E-state index contributed by atoms with van der Waals surface area (Å²) in [4.78, 5) is 38.0. The summed E-state index contributed by atoms with van der Waals surface area (Å²) >= 11 is 0. The van der Waals surface area contributed by atoms with Crippen molar-refractivity contribution in [1.29, 1.82) is 0 Å². The molecule has 1 aromatic rings. The van der Waals surface area contributed by atoms with Gasteiger partial charge in [0.1, 0.15) is 0 Å². The maximum Gasteiger partial charge on any atom is 0.321 e. The predicted octanol–water partition coefficient (Wildman–Crippen LogP) is 1.88. The van der Waals surface area contributed by atoms with Gasteiger partial charge in [-0.2, -0.15) is 0 Å². The number of anilines is 1. The zero-order chi connectivity index (χ0) is 18.9. The van der Waals surface area contributed by atoms with Crippen LogP contribution in [0, 0.1) is 12.8 Å². The molecule has 0 unspecified atom stereocenters. The summed E-state index contributed by atoms with van der Waals surface area (Å²) in [6.45, 7) is 5.50. The van der Waals surface area contributed by atoms with Crippen molar-refractivity contribution in [1.82, 2.24) is 15.5 Å². The van der Waals surface area contributed by atoms with Crippen LogP contribution >= 0.6 is 0 Å². The van der Waals surface area contributed by atoms with Gasteiger partial charge in [0.25, 0.3) is 0 Å². The molecule has 7 nitrogen and oxygen atoms in total. The van der Waals surface area contributed by atoms with Crippen molar-refractivity contribution in [3.8, 4) is 0 Å². The number of amides is 4. The normalized spacial score (nSPS) is 16.7. The Bertz CT molecular complexity index is 647. The van der Waals surface area contributed by atoms with Crippen LogP contribution in [0.5, 0.6) is 0 Å². The van der Waals surface area contributed by atoms with E-state index in [1.54, 1.807) is 4.90 Å². The summed E-state index contributed by atoms with van der Waals surface area (Å²) < 4.78 is 0. The van der Waals surface area contributed by atoms with Gasteiger partial charge in [0.05, 0.1) is 12.5 Å². The molecular weight excluding hydrogens is 332 g/mol. The van der Waals surface area contributed by atoms with Crippen molar-refractivity contribution in [2.24, 2.45) is 5.92 Å². The van der Waals surface area contributed by atoms with Crippen molar-refractivity contribution < 1.29 is 14.4 Å². The molecule has 1 heterocycles. The molecule has 1 aliphatic rings. The second-order valence-electron chi connectivity index (χ2n) is 6.65. The van der Waals surface area contributed by atoms with Crippen LogP contribution in [0.2, 0.25) is 0 Å². The minimum Gasteiger partial charge on any atom is -0.355 e. The van der Waals surface area contributed by atoms with Crippen molar-refractivity contribution in [3.63, 3.8) is 0 Å². The Morgan fingerprint density at radius 3 is 2.77 bits per heavy atom. The lowest BCUT2D eigenvalue weighted by molar-refractivity contribution is -0.129. The Hall–Kier alpha value is -2.57. The molecule has 3 N–H and O–H groups in total. The SMILES string of the molecule is CCCNC(=O)CNC(=O)[C@H]1CCCN(C(=O)Nc2cccc(C)c2)C1. The van der Waals surface area contributed by atoms with Gasteiger partial charge >= 0.3 is 6.03 Å². The Kier molecular flexibility index (Phi) is 7.44. The Morgan fingerprint density at radius 2 is 2.04 bits per heavy atom. The molecule has 1 aliphatic heterocycles. The molecule has 0 aromatic heterocycles. The molecule has 2 rings (SSSR count). The summed E-state index contributed by atoms with van der Waals surface area (Å²) in [6.07, 6.45) is 2.34. The van der Waals surface area contributed by atoms with Crippen LogP contribution in [0.15, 0.2) is 24.3 Å². The van der Waals surface area contributed by atoms with Gasteiger partial charge in [-0.3, -0.25) is 9.59 Å². The number of rotatable bonds is 6. The first-order valence-electron chi connectivity index (χ1n) is 9.16. The van der Waals surface area contributed by atoms with Gasteiger partial charge in [-0.1, -0.05) is 19.1 Å². The average molecular weight is 360 g/mol. The zero-order valence-corrected chi connectivity index (χ0v) is 15.5. The molecule has 4 amide bonds. The number of aryl methyl sites for hydroxylation is 1. The van der Waals surface area contributed by atoms with Gasteiger partial charge in [-0.05, 0) is 43.9 Å². The lowest BCUT2D eigenvalue weighted by atomic mass is 9.97. The largest absolute Gasteiger partial charge is 0.355 e. The third-order valence-corrected chi connectivity index (χ3v) is 4.34. The molecule has 1 aromatic carbocycles. The smallest absolute Gasteiger partial charge is 0.321 e. The summed E-state index contributed by atoms with van der Waals surface area (Å²) in [6, 6.07) is 7.40. The van der Waals surface area contributed by atoms with E-state index in [1.165, 1.54) is 0 Å². The number of benzene rings is 1. The van der Waals surface area contributed by atoms with Gasteiger partial charge in [0, 0.05) is 25.3 Å². The minimum atomic E-state index is -0.286. The second kappa shape index (κ2) is 9.79. The lowest BCUT2D eigenvalue weighted by Crippen LogP contribution is -2.48. The second-order valence-corrected chi connectivity index (χ2v) is 6.65. The molecule has 1 atom stereocenters. The van der Waals surface area contributed by atoms with Crippen LogP contribution in [-0.2, 0) is 9.59 Å². The van der Waals surface area contributed by atoms with Crippen molar-refractivity contribution in [2.75, 3.05) is 31.5 Å². The van der Waals surface area contributed by atoms with Gasteiger partial charge < -0.3 is 20.9 Å². The summed E-state index contributed by atoms with van der Waals surface area (Å²) in [5.41, 5.74) is 1.81. The highest BCUT2D eigenvalue weighted by Crippen LogP contribution is 2.18. The molecule has 1 saturated heterocycles. The average Bonchev–Trinajstić information content (AvgIpc) is 2.64.